The van der Waals surface area contributed by atoms with E-state index in [9.17, 15) is 0 Å². The van der Waals surface area contributed by atoms with Gasteiger partial charge in [-0.3, -0.25) is 0 Å². The molecule has 0 aliphatic heterocycles. The fourth-order valence-corrected chi connectivity index (χ4v) is 1.53. The molecule has 2 aromatic rings. The summed E-state index contributed by atoms with van der Waals surface area (Å²) in [6, 6.07) is 15.0. The van der Waals surface area contributed by atoms with Crippen LogP contribution in [0.1, 0.15) is 62.4 Å². The first-order valence-corrected chi connectivity index (χ1v) is 9.04. The lowest BCUT2D eigenvalue weighted by molar-refractivity contribution is 0.823. The summed E-state index contributed by atoms with van der Waals surface area (Å²) in [7, 11) is 0. The molecule has 0 saturated heterocycles. The third-order valence-corrected chi connectivity index (χ3v) is 2.88. The minimum absolute atomic E-state index is 0. The quantitative estimate of drug-likeness (QED) is 0.478. The number of aryl methyl sites for hydroxylation is 5. The van der Waals surface area contributed by atoms with Crippen molar-refractivity contribution in [2.45, 2.75) is 69.2 Å². The zero-order valence-electron chi connectivity index (χ0n) is 18.8. The predicted molar refractivity (Wildman–Crippen MR) is 122 cm³/mol. The Balaban J connectivity index is -0.0000000801. The Hall–Kier alpha value is -1.90. The molecule has 0 fully saturated rings. The predicted octanol–water partition coefficient (Wildman–Crippen LogP) is 6.51. The molecule has 0 atom stereocenters. The molecule has 0 spiro atoms. The van der Waals surface area contributed by atoms with Gasteiger partial charge in [-0.1, -0.05) is 92.9 Å². The smallest absolute Gasteiger partial charge is 0.0395 e. The van der Waals surface area contributed by atoms with Crippen LogP contribution >= 0.6 is 0 Å². The van der Waals surface area contributed by atoms with Crippen molar-refractivity contribution >= 4 is 0 Å². The van der Waals surface area contributed by atoms with Crippen LogP contribution in [-0.4, -0.2) is 11.0 Å². The first-order valence-electron chi connectivity index (χ1n) is 9.04. The van der Waals surface area contributed by atoms with Crippen molar-refractivity contribution in [3.63, 3.8) is 0 Å². The molecule has 0 aliphatic rings. The minimum Gasteiger partial charge on any atom is -0.412 e. The number of hydrogen-bond donors (Lipinski definition) is 0. The van der Waals surface area contributed by atoms with Crippen molar-refractivity contribution in [3.05, 3.63) is 82.9 Å². The lowest BCUT2D eigenvalue weighted by atomic mass is 10.1. The molecule has 0 aromatic heterocycles. The summed E-state index contributed by atoms with van der Waals surface area (Å²) >= 11 is 0. The molecular formula is C24H44O2. The minimum atomic E-state index is 0. The molecule has 2 heteroatoms. The van der Waals surface area contributed by atoms with E-state index >= 15 is 0 Å². The molecule has 26 heavy (non-hydrogen) atoms. The summed E-state index contributed by atoms with van der Waals surface area (Å²) in [4.78, 5) is 0. The molecule has 2 aromatic carbocycles. The molecule has 0 saturated carbocycles. The van der Waals surface area contributed by atoms with Gasteiger partial charge in [0.1, 0.15) is 0 Å². The third-order valence-electron chi connectivity index (χ3n) is 2.88. The lowest BCUT2D eigenvalue weighted by Gasteiger charge is -1.98. The van der Waals surface area contributed by atoms with Crippen LogP contribution in [0, 0.1) is 34.6 Å². The molecule has 2 nitrogen and oxygen atoms in total. The second-order valence-corrected chi connectivity index (χ2v) is 5.15. The number of rotatable bonds is 0. The van der Waals surface area contributed by atoms with Crippen molar-refractivity contribution in [1.82, 2.24) is 0 Å². The summed E-state index contributed by atoms with van der Waals surface area (Å²) in [5.41, 5.74) is 6.76. The van der Waals surface area contributed by atoms with E-state index in [1.807, 2.05) is 34.6 Å². The maximum Gasteiger partial charge on any atom is -0.0395 e. The van der Waals surface area contributed by atoms with Crippen molar-refractivity contribution in [2.24, 2.45) is 0 Å². The third kappa shape index (κ3) is 22.1. The lowest BCUT2D eigenvalue weighted by Crippen LogP contribution is -1.79. The van der Waals surface area contributed by atoms with Gasteiger partial charge in [-0.25, -0.2) is 0 Å². The fourth-order valence-electron chi connectivity index (χ4n) is 1.53. The van der Waals surface area contributed by atoms with E-state index in [2.05, 4.69) is 83.7 Å². The van der Waals surface area contributed by atoms with Gasteiger partial charge < -0.3 is 11.0 Å². The molecule has 0 heterocycles. The topological polar surface area (TPSA) is 63.0 Å². The van der Waals surface area contributed by atoms with E-state index in [-0.39, 0.29) is 11.0 Å². The van der Waals surface area contributed by atoms with Crippen LogP contribution in [0.2, 0.25) is 0 Å². The van der Waals surface area contributed by atoms with Crippen LogP contribution in [0.15, 0.2) is 55.1 Å². The summed E-state index contributed by atoms with van der Waals surface area (Å²) < 4.78 is 0. The Morgan fingerprint density at radius 2 is 0.846 bits per heavy atom. The Kier molecular flexibility index (Phi) is 34.4. The van der Waals surface area contributed by atoms with E-state index in [1.165, 1.54) is 27.8 Å². The maximum atomic E-state index is 3.36. The molecule has 0 unspecified atom stereocenters. The highest BCUT2D eigenvalue weighted by atomic mass is 16.0. The van der Waals surface area contributed by atoms with Crippen LogP contribution in [0.4, 0.5) is 0 Å². The number of allylic oxidation sites excluding steroid dienone is 1. The normalized spacial score (nSPS) is 7.15. The monoisotopic (exact) mass is 364 g/mol. The van der Waals surface area contributed by atoms with Crippen molar-refractivity contribution in [2.75, 3.05) is 0 Å². The zero-order valence-corrected chi connectivity index (χ0v) is 18.8. The zero-order chi connectivity index (χ0) is 19.5. The largest absolute Gasteiger partial charge is 0.412 e. The number of benzene rings is 2. The first-order chi connectivity index (χ1) is 11.4. The van der Waals surface area contributed by atoms with Gasteiger partial charge in [-0.15, -0.1) is 6.58 Å². The van der Waals surface area contributed by atoms with Crippen molar-refractivity contribution in [3.8, 4) is 0 Å². The molecule has 0 radical (unpaired) electrons. The molecule has 0 amide bonds. The summed E-state index contributed by atoms with van der Waals surface area (Å²) in [5, 5.41) is 0. The maximum absolute atomic E-state index is 3.36. The SMILES string of the molecule is C=CC.CC.CC.Cc1ccc(C)c(C)c1.Cc1ccc(C)cc1.O.O. The van der Waals surface area contributed by atoms with Gasteiger partial charge >= 0.3 is 0 Å². The van der Waals surface area contributed by atoms with Crippen LogP contribution in [0.25, 0.3) is 0 Å². The fraction of sp³-hybridized carbons (Fsp3) is 0.417. The van der Waals surface area contributed by atoms with Gasteiger partial charge in [0, 0.05) is 0 Å². The molecule has 2 rings (SSSR count). The van der Waals surface area contributed by atoms with E-state index in [4.69, 9.17) is 0 Å². The van der Waals surface area contributed by atoms with Crippen LogP contribution in [0.5, 0.6) is 0 Å². The summed E-state index contributed by atoms with van der Waals surface area (Å²) in [6.45, 7) is 23.8. The molecule has 152 valence electrons. The molecule has 0 aliphatic carbocycles. The standard InChI is InChI=1S/C9H12.C8H10.C3H6.2C2H6.2H2O/c1-7-4-5-8(2)9(3)6-7;1-7-3-5-8(2)6-4-7;1-3-2;2*1-2;;/h4-6H,1-3H3;3-6H,1-2H3;3H,1H2,2H3;2*1-2H3;2*1H2. The van der Waals surface area contributed by atoms with Gasteiger partial charge in [0.25, 0.3) is 0 Å². The van der Waals surface area contributed by atoms with Gasteiger partial charge in [0.2, 0.25) is 0 Å². The highest BCUT2D eigenvalue weighted by molar-refractivity contribution is 5.28. The van der Waals surface area contributed by atoms with Gasteiger partial charge in [0.15, 0.2) is 0 Å². The molecule has 4 N–H and O–H groups in total. The first kappa shape index (κ1) is 35.3. The van der Waals surface area contributed by atoms with Gasteiger partial charge in [-0.2, -0.15) is 0 Å². The van der Waals surface area contributed by atoms with E-state index in [1.54, 1.807) is 6.08 Å². The summed E-state index contributed by atoms with van der Waals surface area (Å²) in [5.74, 6) is 0. The highest BCUT2D eigenvalue weighted by Gasteiger charge is 1.89. The second-order valence-electron chi connectivity index (χ2n) is 5.15. The Morgan fingerprint density at radius 1 is 0.577 bits per heavy atom. The average molecular weight is 365 g/mol. The van der Waals surface area contributed by atoms with Crippen LogP contribution in [-0.2, 0) is 0 Å². The summed E-state index contributed by atoms with van der Waals surface area (Å²) in [6.07, 6.45) is 1.75. The van der Waals surface area contributed by atoms with Crippen molar-refractivity contribution in [1.29, 1.82) is 0 Å². The van der Waals surface area contributed by atoms with Crippen LogP contribution in [0.3, 0.4) is 0 Å². The van der Waals surface area contributed by atoms with Gasteiger partial charge in [-0.05, 0) is 52.7 Å². The van der Waals surface area contributed by atoms with E-state index in [0.29, 0.717) is 0 Å². The molecular weight excluding hydrogens is 320 g/mol. The van der Waals surface area contributed by atoms with E-state index in [0.717, 1.165) is 0 Å². The van der Waals surface area contributed by atoms with Crippen molar-refractivity contribution < 1.29 is 11.0 Å². The Labute approximate surface area is 163 Å². The Morgan fingerprint density at radius 3 is 1.08 bits per heavy atom. The highest BCUT2D eigenvalue weighted by Crippen LogP contribution is 2.07. The Bertz CT molecular complexity index is 493. The van der Waals surface area contributed by atoms with E-state index < -0.39 is 0 Å². The van der Waals surface area contributed by atoms with Gasteiger partial charge in [0.05, 0.1) is 0 Å². The number of hydrogen-bond acceptors (Lipinski definition) is 0. The average Bonchev–Trinajstić information content (AvgIpc) is 2.59. The van der Waals surface area contributed by atoms with Crippen LogP contribution < -0.4 is 0 Å². The molecule has 0 bridgehead atoms. The second kappa shape index (κ2) is 25.3.